The molecule has 5 rings (SSSR count). The van der Waals surface area contributed by atoms with Gasteiger partial charge < -0.3 is 15.4 Å². The highest BCUT2D eigenvalue weighted by molar-refractivity contribution is 6.06. The second kappa shape index (κ2) is 9.29. The second-order valence-corrected chi connectivity index (χ2v) is 8.01. The summed E-state index contributed by atoms with van der Waals surface area (Å²) < 4.78 is 7.24. The first kappa shape index (κ1) is 22.7. The molecule has 1 atom stereocenters. The van der Waals surface area contributed by atoms with E-state index in [1.165, 1.54) is 12.1 Å². The van der Waals surface area contributed by atoms with E-state index in [9.17, 15) is 14.9 Å². The third-order valence-corrected chi connectivity index (χ3v) is 5.79. The zero-order valence-electron chi connectivity index (χ0n) is 19.4. The van der Waals surface area contributed by atoms with Gasteiger partial charge in [-0.2, -0.15) is 4.98 Å². The van der Waals surface area contributed by atoms with Crippen LogP contribution in [-0.4, -0.2) is 37.7 Å². The van der Waals surface area contributed by atoms with E-state index in [0.717, 1.165) is 5.56 Å². The number of hydrogen-bond donors (Lipinski definition) is 2. The lowest BCUT2D eigenvalue weighted by atomic mass is 9.94. The molecule has 1 unspecified atom stereocenters. The molecule has 0 spiro atoms. The fourth-order valence-electron chi connectivity index (χ4n) is 4.11. The number of benzene rings is 2. The van der Waals surface area contributed by atoms with Crippen LogP contribution in [0.1, 0.15) is 18.5 Å². The van der Waals surface area contributed by atoms with Gasteiger partial charge in [-0.15, -0.1) is 5.10 Å². The van der Waals surface area contributed by atoms with Gasteiger partial charge in [0.2, 0.25) is 5.95 Å². The molecule has 36 heavy (non-hydrogen) atoms. The molecule has 0 fully saturated rings. The summed E-state index contributed by atoms with van der Waals surface area (Å²) in [6.45, 7) is 1.80. The zero-order valence-corrected chi connectivity index (χ0v) is 19.4. The fraction of sp³-hybridized carbons (Fsp3) is 0.120. The molecule has 2 aromatic heterocycles. The maximum atomic E-state index is 13.5. The van der Waals surface area contributed by atoms with Crippen LogP contribution in [-0.2, 0) is 4.79 Å². The van der Waals surface area contributed by atoms with Crippen LogP contribution in [0.15, 0.2) is 84.3 Å². The Bertz CT molecular complexity index is 1480. The van der Waals surface area contributed by atoms with Gasteiger partial charge >= 0.3 is 0 Å². The Balaban J connectivity index is 1.61. The predicted molar refractivity (Wildman–Crippen MR) is 132 cm³/mol. The highest BCUT2D eigenvalue weighted by Gasteiger charge is 2.36. The fourth-order valence-corrected chi connectivity index (χ4v) is 4.11. The number of methoxy groups -OCH3 is 1. The van der Waals surface area contributed by atoms with Gasteiger partial charge in [0.25, 0.3) is 11.6 Å². The Kier molecular flexibility index (Phi) is 5.87. The quantitative estimate of drug-likeness (QED) is 0.308. The van der Waals surface area contributed by atoms with Crippen molar-refractivity contribution < 1.29 is 14.5 Å². The number of allylic oxidation sites excluding steroid dienone is 1. The van der Waals surface area contributed by atoms with Crippen molar-refractivity contribution in [3.05, 3.63) is 100 Å². The summed E-state index contributed by atoms with van der Waals surface area (Å²) in [5, 5.41) is 21.8. The number of hydrogen-bond acceptors (Lipinski definition) is 8. The highest BCUT2D eigenvalue weighted by atomic mass is 16.6. The number of non-ortho nitro benzene ring substituents is 1. The maximum absolute atomic E-state index is 13.5. The molecule has 2 aromatic carbocycles. The van der Waals surface area contributed by atoms with Crippen LogP contribution in [0.2, 0.25) is 0 Å². The number of rotatable bonds is 6. The van der Waals surface area contributed by atoms with Crippen LogP contribution < -0.4 is 15.4 Å². The van der Waals surface area contributed by atoms with Crippen molar-refractivity contribution in [2.45, 2.75) is 13.0 Å². The molecule has 0 aliphatic carbocycles. The molecule has 0 saturated carbocycles. The van der Waals surface area contributed by atoms with Crippen LogP contribution in [0, 0.1) is 10.1 Å². The molecular formula is C25H21N7O4. The van der Waals surface area contributed by atoms with Gasteiger partial charge in [-0.25, -0.2) is 4.68 Å². The highest BCUT2D eigenvalue weighted by Crippen LogP contribution is 2.40. The standard InChI is InChI=1S/C25H21N7O4/c1-15-21(24(33)28-17-6-5-13-26-14-17)22(19-7-3-4-8-20(19)36-2)31-25(27-15)29-23(30-31)16-9-11-18(12-10-16)32(34)35/h3-14,22H,1-2H3,(H,28,33)(H,27,29,30). The number of carbonyl (C=O) groups excluding carboxylic acids is 1. The van der Waals surface area contributed by atoms with Crippen molar-refractivity contribution in [1.82, 2.24) is 19.7 Å². The van der Waals surface area contributed by atoms with Crippen molar-refractivity contribution >= 4 is 23.2 Å². The smallest absolute Gasteiger partial charge is 0.269 e. The number of nitrogens with one attached hydrogen (secondary N) is 2. The van der Waals surface area contributed by atoms with Gasteiger partial charge in [-0.1, -0.05) is 18.2 Å². The summed E-state index contributed by atoms with van der Waals surface area (Å²) in [5.41, 5.74) is 2.87. The van der Waals surface area contributed by atoms with Crippen molar-refractivity contribution in [1.29, 1.82) is 0 Å². The van der Waals surface area contributed by atoms with Gasteiger partial charge in [0.1, 0.15) is 11.8 Å². The Morgan fingerprint density at radius 3 is 2.61 bits per heavy atom. The van der Waals surface area contributed by atoms with E-state index in [1.54, 1.807) is 55.4 Å². The Labute approximate surface area is 205 Å². The first-order valence-corrected chi connectivity index (χ1v) is 11.0. The topological polar surface area (TPSA) is 137 Å². The number of nitrogens with zero attached hydrogens (tertiary/aromatic N) is 5. The molecule has 11 nitrogen and oxygen atoms in total. The van der Waals surface area contributed by atoms with Crippen LogP contribution in [0.5, 0.6) is 5.75 Å². The molecule has 180 valence electrons. The van der Waals surface area contributed by atoms with Gasteiger partial charge in [-0.3, -0.25) is 19.9 Å². The predicted octanol–water partition coefficient (Wildman–Crippen LogP) is 4.18. The third kappa shape index (κ3) is 4.13. The summed E-state index contributed by atoms with van der Waals surface area (Å²) in [6, 6.07) is 16.2. The second-order valence-electron chi connectivity index (χ2n) is 8.01. The molecule has 0 radical (unpaired) electrons. The molecule has 2 N–H and O–H groups in total. The Morgan fingerprint density at radius 1 is 1.14 bits per heavy atom. The van der Waals surface area contributed by atoms with E-state index >= 15 is 0 Å². The number of anilines is 2. The summed E-state index contributed by atoms with van der Waals surface area (Å²) >= 11 is 0. The third-order valence-electron chi connectivity index (χ3n) is 5.79. The largest absolute Gasteiger partial charge is 0.496 e. The molecule has 1 aliphatic rings. The average Bonchev–Trinajstić information content (AvgIpc) is 3.32. The first-order chi connectivity index (χ1) is 17.5. The molecule has 0 saturated heterocycles. The molecule has 11 heteroatoms. The van der Waals surface area contributed by atoms with Crippen molar-refractivity contribution in [2.75, 3.05) is 17.7 Å². The van der Waals surface area contributed by atoms with Crippen molar-refractivity contribution in [2.24, 2.45) is 0 Å². The van der Waals surface area contributed by atoms with Crippen LogP contribution in [0.25, 0.3) is 11.4 Å². The van der Waals surface area contributed by atoms with Crippen molar-refractivity contribution in [3.8, 4) is 17.1 Å². The van der Waals surface area contributed by atoms with E-state index in [2.05, 4.69) is 20.6 Å². The Morgan fingerprint density at radius 2 is 1.92 bits per heavy atom. The maximum Gasteiger partial charge on any atom is 0.269 e. The number of amides is 1. The lowest BCUT2D eigenvalue weighted by Gasteiger charge is -2.29. The number of nitro groups is 1. The summed E-state index contributed by atoms with van der Waals surface area (Å²) in [7, 11) is 1.57. The SMILES string of the molecule is COc1ccccc1C1C(C(=O)Nc2cccnc2)=C(C)Nc2nc(-c3ccc([N+](=O)[O-])cc3)nn21. The minimum Gasteiger partial charge on any atom is -0.496 e. The van der Waals surface area contributed by atoms with Crippen LogP contribution in [0.3, 0.4) is 0 Å². The Hall–Kier alpha value is -5.06. The lowest BCUT2D eigenvalue weighted by molar-refractivity contribution is -0.384. The molecule has 1 aliphatic heterocycles. The van der Waals surface area contributed by atoms with Gasteiger partial charge in [0.15, 0.2) is 5.82 Å². The minimum atomic E-state index is -0.659. The first-order valence-electron chi connectivity index (χ1n) is 11.0. The van der Waals surface area contributed by atoms with E-state index in [1.807, 2.05) is 24.3 Å². The lowest BCUT2D eigenvalue weighted by Crippen LogP contribution is -2.31. The summed E-state index contributed by atoms with van der Waals surface area (Å²) in [4.78, 5) is 32.8. The van der Waals surface area contributed by atoms with Crippen LogP contribution >= 0.6 is 0 Å². The van der Waals surface area contributed by atoms with Gasteiger partial charge in [-0.05, 0) is 37.3 Å². The summed E-state index contributed by atoms with van der Waals surface area (Å²) in [5.74, 6) is 1.04. The number of ether oxygens (including phenoxy) is 1. The van der Waals surface area contributed by atoms with E-state index in [-0.39, 0.29) is 11.6 Å². The van der Waals surface area contributed by atoms with Gasteiger partial charge in [0, 0.05) is 35.2 Å². The molecule has 0 bridgehead atoms. The number of carbonyl (C=O) groups is 1. The normalized spacial score (nSPS) is 14.6. The minimum absolute atomic E-state index is 0.0281. The van der Waals surface area contributed by atoms with Crippen LogP contribution in [0.4, 0.5) is 17.3 Å². The number of pyridine rings is 1. The molecule has 3 heterocycles. The zero-order chi connectivity index (χ0) is 25.2. The van der Waals surface area contributed by atoms with Gasteiger partial charge in [0.05, 0.1) is 29.5 Å². The van der Waals surface area contributed by atoms with E-state index in [4.69, 9.17) is 9.84 Å². The molecule has 1 amide bonds. The molecular weight excluding hydrogens is 462 g/mol. The van der Waals surface area contributed by atoms with Crippen molar-refractivity contribution in [3.63, 3.8) is 0 Å². The average molecular weight is 483 g/mol. The number of para-hydroxylation sites is 1. The summed E-state index contributed by atoms with van der Waals surface area (Å²) in [6.07, 6.45) is 3.19. The monoisotopic (exact) mass is 483 g/mol. The van der Waals surface area contributed by atoms with E-state index < -0.39 is 11.0 Å². The number of nitro benzene ring substituents is 1. The van der Waals surface area contributed by atoms with E-state index in [0.29, 0.717) is 40.0 Å². The molecule has 4 aromatic rings. The number of aromatic nitrogens is 4. The number of fused-ring (bicyclic) bond motifs is 1.